The minimum Gasteiger partial charge on any atom is -0.493 e. The lowest BCUT2D eigenvalue weighted by molar-refractivity contribution is 0.0925. The Morgan fingerprint density at radius 2 is 2.14 bits per heavy atom. The molecule has 3 aromatic rings. The Labute approximate surface area is 168 Å². The molecule has 5 nitrogen and oxygen atoms in total. The topological polar surface area (TPSA) is 63.2 Å². The van der Waals surface area contributed by atoms with Gasteiger partial charge in [-0.2, -0.15) is 0 Å². The van der Waals surface area contributed by atoms with E-state index in [4.69, 9.17) is 9.72 Å². The number of carbonyl (C=O) groups is 1. The molecule has 1 saturated heterocycles. The number of hydrogen-bond acceptors (Lipinski definition) is 5. The molecule has 144 valence electrons. The van der Waals surface area contributed by atoms with Gasteiger partial charge in [0.15, 0.2) is 0 Å². The quantitative estimate of drug-likeness (QED) is 0.706. The van der Waals surface area contributed by atoms with Crippen molar-refractivity contribution in [3.05, 3.63) is 58.6 Å². The molecular weight excluding hydrogens is 370 g/mol. The lowest BCUT2D eigenvalue weighted by Crippen LogP contribution is -2.32. The van der Waals surface area contributed by atoms with Crippen molar-refractivity contribution in [2.45, 2.75) is 31.2 Å². The summed E-state index contributed by atoms with van der Waals surface area (Å²) in [6.45, 7) is 2.71. The lowest BCUT2D eigenvalue weighted by atomic mass is 10.00. The molecule has 0 bridgehead atoms. The number of hydrogen-bond donors (Lipinski definition) is 2. The van der Waals surface area contributed by atoms with E-state index in [0.717, 1.165) is 41.0 Å². The fourth-order valence-corrected chi connectivity index (χ4v) is 5.20. The van der Waals surface area contributed by atoms with E-state index in [0.29, 0.717) is 18.1 Å². The summed E-state index contributed by atoms with van der Waals surface area (Å²) in [6, 6.07) is 13.7. The number of benzene rings is 2. The van der Waals surface area contributed by atoms with E-state index in [1.54, 1.807) is 11.3 Å². The van der Waals surface area contributed by atoms with Gasteiger partial charge in [-0.15, -0.1) is 11.3 Å². The first-order chi connectivity index (χ1) is 13.8. The van der Waals surface area contributed by atoms with Crippen LogP contribution in [-0.4, -0.2) is 30.6 Å². The minimum atomic E-state index is -0.0436. The average Bonchev–Trinajstić information content (AvgIpc) is 3.18. The van der Waals surface area contributed by atoms with Gasteiger partial charge in [-0.1, -0.05) is 18.2 Å². The van der Waals surface area contributed by atoms with E-state index in [1.165, 1.54) is 17.8 Å². The molecule has 3 heterocycles. The van der Waals surface area contributed by atoms with Crippen LogP contribution in [0, 0.1) is 0 Å². The Morgan fingerprint density at radius 1 is 1.21 bits per heavy atom. The smallest absolute Gasteiger partial charge is 0.251 e. The van der Waals surface area contributed by atoms with Gasteiger partial charge in [0.1, 0.15) is 5.75 Å². The third kappa shape index (κ3) is 3.38. The van der Waals surface area contributed by atoms with Crippen molar-refractivity contribution in [3.63, 3.8) is 0 Å². The van der Waals surface area contributed by atoms with Crippen LogP contribution in [-0.2, 0) is 0 Å². The number of nitrogens with zero attached hydrogens (tertiary/aromatic N) is 1. The SMILES string of the molecule is O=C(N[C@H]1CCOc2ccccc21)c1ccc2nc([C@H]3CCCNC3)sc2c1. The van der Waals surface area contributed by atoms with Crippen LogP contribution in [0.5, 0.6) is 5.75 Å². The lowest BCUT2D eigenvalue weighted by Gasteiger charge is -2.26. The summed E-state index contributed by atoms with van der Waals surface area (Å²) >= 11 is 1.72. The molecule has 2 aliphatic heterocycles. The number of thiazole rings is 1. The maximum atomic E-state index is 12.9. The fraction of sp³-hybridized carbons (Fsp3) is 0.364. The van der Waals surface area contributed by atoms with Gasteiger partial charge in [-0.05, 0) is 43.7 Å². The standard InChI is InChI=1S/C22H23N3O2S/c26-21(24-17-9-11-27-19-6-2-1-5-16(17)19)14-7-8-18-20(12-14)28-22(25-18)15-4-3-10-23-13-15/h1-2,5-8,12,15,17,23H,3-4,9-11,13H2,(H,24,26)/t15-,17-/m0/s1. The highest BCUT2D eigenvalue weighted by Crippen LogP contribution is 2.33. The van der Waals surface area contributed by atoms with E-state index in [9.17, 15) is 4.79 Å². The Balaban J connectivity index is 1.36. The van der Waals surface area contributed by atoms with Crippen molar-refractivity contribution >= 4 is 27.5 Å². The third-order valence-corrected chi connectivity index (χ3v) is 6.76. The Bertz CT molecular complexity index is 1010. The van der Waals surface area contributed by atoms with Gasteiger partial charge < -0.3 is 15.4 Å². The second kappa shape index (κ2) is 7.53. The van der Waals surface area contributed by atoms with Gasteiger partial charge in [0, 0.05) is 30.0 Å². The summed E-state index contributed by atoms with van der Waals surface area (Å²) in [6.07, 6.45) is 3.16. The molecule has 28 heavy (non-hydrogen) atoms. The molecule has 1 fully saturated rings. The first kappa shape index (κ1) is 17.6. The number of rotatable bonds is 3. The summed E-state index contributed by atoms with van der Waals surface area (Å²) in [5.74, 6) is 1.31. The van der Waals surface area contributed by atoms with Crippen LogP contribution in [0.25, 0.3) is 10.2 Å². The number of piperidine rings is 1. The number of fused-ring (bicyclic) bond motifs is 2. The molecule has 6 heteroatoms. The highest BCUT2D eigenvalue weighted by Gasteiger charge is 2.24. The third-order valence-electron chi connectivity index (χ3n) is 5.58. The van der Waals surface area contributed by atoms with Crippen molar-refractivity contribution in [2.24, 2.45) is 0 Å². The molecule has 0 radical (unpaired) electrons. The first-order valence-corrected chi connectivity index (χ1v) is 10.7. The molecule has 1 aromatic heterocycles. The first-order valence-electron chi connectivity index (χ1n) is 9.92. The number of aromatic nitrogens is 1. The Kier molecular flexibility index (Phi) is 4.74. The maximum absolute atomic E-state index is 12.9. The fourth-order valence-electron chi connectivity index (χ4n) is 4.05. The molecule has 0 spiro atoms. The second-order valence-corrected chi connectivity index (χ2v) is 8.54. The molecular formula is C22H23N3O2S. The van der Waals surface area contributed by atoms with Crippen LogP contribution in [0.4, 0.5) is 0 Å². The van der Waals surface area contributed by atoms with E-state index < -0.39 is 0 Å². The highest BCUT2D eigenvalue weighted by atomic mass is 32.1. The van der Waals surface area contributed by atoms with Crippen molar-refractivity contribution < 1.29 is 9.53 Å². The van der Waals surface area contributed by atoms with Crippen molar-refractivity contribution in [3.8, 4) is 5.75 Å². The van der Waals surface area contributed by atoms with Crippen LogP contribution in [0.15, 0.2) is 42.5 Å². The van der Waals surface area contributed by atoms with E-state index in [1.807, 2.05) is 42.5 Å². The minimum absolute atomic E-state index is 0.0153. The molecule has 0 aliphatic carbocycles. The predicted octanol–water partition coefficient (Wildman–Crippen LogP) is 4.02. The van der Waals surface area contributed by atoms with E-state index >= 15 is 0 Å². The zero-order chi connectivity index (χ0) is 18.9. The normalized spacial score (nSPS) is 21.7. The van der Waals surface area contributed by atoms with Gasteiger partial charge >= 0.3 is 0 Å². The zero-order valence-electron chi connectivity index (χ0n) is 15.6. The number of nitrogens with one attached hydrogen (secondary N) is 2. The molecule has 0 saturated carbocycles. The van der Waals surface area contributed by atoms with Crippen LogP contribution >= 0.6 is 11.3 Å². The summed E-state index contributed by atoms with van der Waals surface area (Å²) in [5.41, 5.74) is 2.72. The second-order valence-electron chi connectivity index (χ2n) is 7.48. The maximum Gasteiger partial charge on any atom is 0.251 e. The summed E-state index contributed by atoms with van der Waals surface area (Å²) < 4.78 is 6.78. The molecule has 2 N–H and O–H groups in total. The van der Waals surface area contributed by atoms with Crippen molar-refractivity contribution in [1.29, 1.82) is 0 Å². The molecule has 1 amide bonds. The van der Waals surface area contributed by atoms with Gasteiger partial charge in [-0.3, -0.25) is 4.79 Å². The highest BCUT2D eigenvalue weighted by molar-refractivity contribution is 7.18. The molecule has 2 aromatic carbocycles. The summed E-state index contributed by atoms with van der Waals surface area (Å²) in [7, 11) is 0. The van der Waals surface area contributed by atoms with E-state index in [-0.39, 0.29) is 11.9 Å². The number of carbonyl (C=O) groups excluding carboxylic acids is 1. The van der Waals surface area contributed by atoms with Crippen LogP contribution in [0.1, 0.15) is 52.2 Å². The molecule has 2 atom stereocenters. The van der Waals surface area contributed by atoms with E-state index in [2.05, 4.69) is 10.6 Å². The molecule has 0 unspecified atom stereocenters. The monoisotopic (exact) mass is 393 g/mol. The van der Waals surface area contributed by atoms with Gasteiger partial charge in [0.2, 0.25) is 0 Å². The van der Waals surface area contributed by atoms with Gasteiger partial charge in [0.05, 0.1) is 27.9 Å². The van der Waals surface area contributed by atoms with Crippen LogP contribution < -0.4 is 15.4 Å². The van der Waals surface area contributed by atoms with Crippen molar-refractivity contribution in [1.82, 2.24) is 15.6 Å². The average molecular weight is 394 g/mol. The zero-order valence-corrected chi connectivity index (χ0v) is 16.4. The Hall–Kier alpha value is -2.44. The molecule has 5 rings (SSSR count). The number of para-hydroxylation sites is 1. The number of ether oxygens (including phenoxy) is 1. The van der Waals surface area contributed by atoms with Gasteiger partial charge in [-0.25, -0.2) is 4.98 Å². The predicted molar refractivity (Wildman–Crippen MR) is 111 cm³/mol. The summed E-state index contributed by atoms with van der Waals surface area (Å²) in [4.78, 5) is 17.7. The largest absolute Gasteiger partial charge is 0.493 e. The number of amides is 1. The van der Waals surface area contributed by atoms with Crippen molar-refractivity contribution in [2.75, 3.05) is 19.7 Å². The molecule has 2 aliphatic rings. The summed E-state index contributed by atoms with van der Waals surface area (Å²) in [5, 5.41) is 7.81. The van der Waals surface area contributed by atoms with Crippen LogP contribution in [0.3, 0.4) is 0 Å². The van der Waals surface area contributed by atoms with Crippen LogP contribution in [0.2, 0.25) is 0 Å². The Morgan fingerprint density at radius 3 is 3.04 bits per heavy atom. The van der Waals surface area contributed by atoms with Gasteiger partial charge in [0.25, 0.3) is 5.91 Å².